The van der Waals surface area contributed by atoms with E-state index in [1.54, 1.807) is 0 Å². The van der Waals surface area contributed by atoms with Gasteiger partial charge in [0.1, 0.15) is 0 Å². The molecule has 2 heteroatoms. The maximum Gasteiger partial charge on any atom is 0.0709 e. The second-order valence-electron chi connectivity index (χ2n) is 11.0. The summed E-state index contributed by atoms with van der Waals surface area (Å²) in [5.41, 5.74) is 15.4. The van der Waals surface area contributed by atoms with E-state index in [1.165, 1.54) is 41.5 Å². The number of rotatable bonds is 3. The van der Waals surface area contributed by atoms with Gasteiger partial charge in [-0.15, -0.1) is 0 Å². The van der Waals surface area contributed by atoms with Gasteiger partial charge in [0.25, 0.3) is 0 Å². The minimum Gasteiger partial charge on any atom is -0.321 e. The zero-order chi connectivity index (χ0) is 21.9. The molecule has 1 heterocycles. The zero-order valence-corrected chi connectivity index (χ0v) is 19.3. The lowest BCUT2D eigenvalue weighted by Gasteiger charge is -2.42. The van der Waals surface area contributed by atoms with Gasteiger partial charge in [-0.2, -0.15) is 0 Å². The van der Waals surface area contributed by atoms with Crippen molar-refractivity contribution in [3.8, 4) is 22.5 Å². The van der Waals surface area contributed by atoms with Crippen LogP contribution < -0.4 is 5.73 Å². The van der Waals surface area contributed by atoms with Crippen molar-refractivity contribution in [3.05, 3.63) is 77.4 Å². The highest BCUT2D eigenvalue weighted by atomic mass is 14.8. The third-order valence-electron chi connectivity index (χ3n) is 7.90. The van der Waals surface area contributed by atoms with Crippen molar-refractivity contribution in [1.82, 2.24) is 4.98 Å². The molecule has 5 rings (SSSR count). The Labute approximate surface area is 186 Å². The van der Waals surface area contributed by atoms with E-state index in [1.807, 2.05) is 0 Å². The maximum atomic E-state index is 6.49. The summed E-state index contributed by atoms with van der Waals surface area (Å²) in [6.45, 7) is 9.50. The first kappa shape index (κ1) is 20.5. The maximum absolute atomic E-state index is 6.49. The van der Waals surface area contributed by atoms with E-state index in [0.717, 1.165) is 29.8 Å². The number of pyridine rings is 1. The SMILES string of the molecule is CC1(C)CCC(C)(C)c2cc(-c3cccc(-c4ccc(C5(N)CCC5)cc4)n3)ccc21. The Morgan fingerprint density at radius 1 is 0.677 bits per heavy atom. The second kappa shape index (κ2) is 7.03. The Hall–Kier alpha value is -2.45. The van der Waals surface area contributed by atoms with E-state index in [4.69, 9.17) is 10.7 Å². The van der Waals surface area contributed by atoms with Crippen LogP contribution in [0.1, 0.15) is 76.5 Å². The summed E-state index contributed by atoms with van der Waals surface area (Å²) < 4.78 is 0. The van der Waals surface area contributed by atoms with Crippen molar-refractivity contribution < 1.29 is 0 Å². The number of nitrogens with zero attached hydrogens (tertiary/aromatic N) is 1. The van der Waals surface area contributed by atoms with Gasteiger partial charge in [-0.05, 0) is 77.8 Å². The third kappa shape index (κ3) is 3.51. The van der Waals surface area contributed by atoms with Crippen LogP contribution in [0.15, 0.2) is 60.7 Å². The van der Waals surface area contributed by atoms with Crippen molar-refractivity contribution in [3.63, 3.8) is 0 Å². The standard InChI is InChI=1S/C29H34N2/c1-27(2)17-18-28(3,4)24-19-21(11-14-23(24)27)26-8-5-7-25(31-26)20-9-12-22(13-10-20)29(30)15-6-16-29/h5,7-14,19H,6,15-18,30H2,1-4H3. The number of aromatic nitrogens is 1. The number of benzene rings is 2. The topological polar surface area (TPSA) is 38.9 Å². The fourth-order valence-electron chi connectivity index (χ4n) is 5.32. The van der Waals surface area contributed by atoms with Gasteiger partial charge < -0.3 is 5.73 Å². The number of hydrogen-bond acceptors (Lipinski definition) is 2. The lowest BCUT2D eigenvalue weighted by molar-refractivity contribution is 0.253. The van der Waals surface area contributed by atoms with Gasteiger partial charge in [-0.25, -0.2) is 4.98 Å². The van der Waals surface area contributed by atoms with Gasteiger partial charge in [-0.1, -0.05) is 70.2 Å². The summed E-state index contributed by atoms with van der Waals surface area (Å²) in [5, 5.41) is 0. The monoisotopic (exact) mass is 410 g/mol. The highest BCUT2D eigenvalue weighted by Crippen LogP contribution is 2.46. The molecule has 0 amide bonds. The molecule has 2 aliphatic rings. The Morgan fingerprint density at radius 2 is 1.26 bits per heavy atom. The van der Waals surface area contributed by atoms with Gasteiger partial charge in [0.2, 0.25) is 0 Å². The predicted molar refractivity (Wildman–Crippen MR) is 130 cm³/mol. The lowest BCUT2D eigenvalue weighted by atomic mass is 9.63. The molecule has 0 unspecified atom stereocenters. The van der Waals surface area contributed by atoms with Gasteiger partial charge >= 0.3 is 0 Å². The molecule has 0 atom stereocenters. The van der Waals surface area contributed by atoms with E-state index in [0.29, 0.717) is 0 Å². The average Bonchev–Trinajstić information content (AvgIpc) is 2.75. The third-order valence-corrected chi connectivity index (χ3v) is 7.90. The van der Waals surface area contributed by atoms with Gasteiger partial charge in [0.15, 0.2) is 0 Å². The predicted octanol–water partition coefficient (Wildman–Crippen LogP) is 7.10. The molecule has 2 nitrogen and oxygen atoms in total. The van der Waals surface area contributed by atoms with Crippen LogP contribution in [0.4, 0.5) is 0 Å². The van der Waals surface area contributed by atoms with Crippen LogP contribution in [0.5, 0.6) is 0 Å². The molecule has 1 aromatic heterocycles. The average molecular weight is 411 g/mol. The van der Waals surface area contributed by atoms with E-state index < -0.39 is 0 Å². The molecule has 1 fully saturated rings. The summed E-state index contributed by atoms with van der Waals surface area (Å²) in [7, 11) is 0. The number of nitrogens with two attached hydrogens (primary N) is 1. The van der Waals surface area contributed by atoms with Crippen molar-refractivity contribution in [2.75, 3.05) is 0 Å². The molecule has 2 aliphatic carbocycles. The highest BCUT2D eigenvalue weighted by molar-refractivity contribution is 5.68. The molecule has 1 saturated carbocycles. The van der Waals surface area contributed by atoms with Crippen molar-refractivity contribution in [1.29, 1.82) is 0 Å². The van der Waals surface area contributed by atoms with E-state index in [9.17, 15) is 0 Å². The van der Waals surface area contributed by atoms with Crippen molar-refractivity contribution in [2.45, 2.75) is 76.2 Å². The Kier molecular flexibility index (Phi) is 4.64. The summed E-state index contributed by atoms with van der Waals surface area (Å²) in [6.07, 6.45) is 5.87. The largest absolute Gasteiger partial charge is 0.321 e. The summed E-state index contributed by atoms with van der Waals surface area (Å²) in [5.74, 6) is 0. The molecule has 0 saturated heterocycles. The van der Waals surface area contributed by atoms with Crippen LogP contribution in [0, 0.1) is 0 Å². The molecule has 0 spiro atoms. The zero-order valence-electron chi connectivity index (χ0n) is 19.3. The Balaban J connectivity index is 1.50. The Bertz CT molecular complexity index is 1120. The fourth-order valence-corrected chi connectivity index (χ4v) is 5.32. The molecule has 3 aromatic rings. The molecule has 2 N–H and O–H groups in total. The van der Waals surface area contributed by atoms with Crippen LogP contribution in [0.2, 0.25) is 0 Å². The van der Waals surface area contributed by atoms with Gasteiger partial charge in [-0.3, -0.25) is 0 Å². The first-order valence-corrected chi connectivity index (χ1v) is 11.7. The molecule has 31 heavy (non-hydrogen) atoms. The second-order valence-corrected chi connectivity index (χ2v) is 11.0. The molecule has 2 aromatic carbocycles. The number of hydrogen-bond donors (Lipinski definition) is 1. The minimum absolute atomic E-state index is 0.114. The van der Waals surface area contributed by atoms with Crippen molar-refractivity contribution >= 4 is 0 Å². The molecular weight excluding hydrogens is 376 g/mol. The van der Waals surface area contributed by atoms with Crippen LogP contribution in [0.25, 0.3) is 22.5 Å². The molecule has 0 radical (unpaired) electrons. The first-order valence-electron chi connectivity index (χ1n) is 11.7. The number of fused-ring (bicyclic) bond motifs is 1. The van der Waals surface area contributed by atoms with Gasteiger partial charge in [0.05, 0.1) is 11.4 Å². The summed E-state index contributed by atoms with van der Waals surface area (Å²) in [4.78, 5) is 5.04. The van der Waals surface area contributed by atoms with Gasteiger partial charge in [0, 0.05) is 16.7 Å². The summed E-state index contributed by atoms with van der Waals surface area (Å²) in [6, 6.07) is 22.1. The molecule has 0 bridgehead atoms. The van der Waals surface area contributed by atoms with Crippen LogP contribution >= 0.6 is 0 Å². The lowest BCUT2D eigenvalue weighted by Crippen LogP contribution is -2.43. The normalized spacial score (nSPS) is 20.5. The highest BCUT2D eigenvalue weighted by Gasteiger charge is 2.37. The minimum atomic E-state index is -0.114. The summed E-state index contributed by atoms with van der Waals surface area (Å²) >= 11 is 0. The first-order chi connectivity index (χ1) is 14.7. The fraction of sp³-hybridized carbons (Fsp3) is 0.414. The molecule has 160 valence electrons. The Morgan fingerprint density at radius 3 is 1.87 bits per heavy atom. The molecule has 0 aliphatic heterocycles. The van der Waals surface area contributed by atoms with E-state index >= 15 is 0 Å². The van der Waals surface area contributed by atoms with E-state index in [-0.39, 0.29) is 16.4 Å². The van der Waals surface area contributed by atoms with E-state index in [2.05, 4.69) is 88.4 Å². The quantitative estimate of drug-likeness (QED) is 0.500. The molecular formula is C29H34N2. The smallest absolute Gasteiger partial charge is 0.0709 e. The van der Waals surface area contributed by atoms with Crippen LogP contribution in [-0.4, -0.2) is 4.98 Å². The van der Waals surface area contributed by atoms with Crippen molar-refractivity contribution in [2.24, 2.45) is 5.73 Å². The van der Waals surface area contributed by atoms with Crippen LogP contribution in [0.3, 0.4) is 0 Å². The van der Waals surface area contributed by atoms with Crippen LogP contribution in [-0.2, 0) is 16.4 Å².